The standard InChI is InChI=1S/C25H32N2O3/c1-16(2)20-11-8-12-21(17(3)4)24(20)26-23(28)15-27-14-19-10-7-6-9-18(19)13-22(27)25(29)30-5/h6-12,16-17,22H,13-15H2,1-5H3,(H,26,28)/p+1/t22-/m0/s1. The van der Waals surface area contributed by atoms with E-state index in [-0.39, 0.29) is 24.5 Å². The predicted octanol–water partition coefficient (Wildman–Crippen LogP) is 3.05. The van der Waals surface area contributed by atoms with Gasteiger partial charge in [0, 0.05) is 17.7 Å². The molecule has 3 rings (SSSR count). The number of ether oxygens (including phenoxy) is 1. The Morgan fingerprint density at radius 1 is 1.00 bits per heavy atom. The van der Waals surface area contributed by atoms with E-state index < -0.39 is 0 Å². The summed E-state index contributed by atoms with van der Waals surface area (Å²) < 4.78 is 5.04. The van der Waals surface area contributed by atoms with Crippen LogP contribution in [0.25, 0.3) is 0 Å². The van der Waals surface area contributed by atoms with Crippen LogP contribution in [-0.2, 0) is 27.3 Å². The number of hydrogen-bond acceptors (Lipinski definition) is 3. The van der Waals surface area contributed by atoms with Crippen molar-refractivity contribution in [1.82, 2.24) is 0 Å². The highest BCUT2D eigenvalue weighted by atomic mass is 16.5. The minimum Gasteiger partial charge on any atom is -0.465 e. The van der Waals surface area contributed by atoms with Gasteiger partial charge in [-0.1, -0.05) is 70.2 Å². The summed E-state index contributed by atoms with van der Waals surface area (Å²) in [7, 11) is 1.41. The number of benzene rings is 2. The molecule has 0 saturated heterocycles. The number of rotatable bonds is 6. The molecule has 2 aromatic rings. The molecule has 160 valence electrons. The fourth-order valence-electron chi connectivity index (χ4n) is 4.32. The van der Waals surface area contributed by atoms with E-state index in [2.05, 4.69) is 63.3 Å². The number of anilines is 1. The second-order valence-corrected chi connectivity index (χ2v) is 8.73. The van der Waals surface area contributed by atoms with Crippen molar-refractivity contribution < 1.29 is 19.2 Å². The summed E-state index contributed by atoms with van der Waals surface area (Å²) in [6, 6.07) is 14.0. The number of esters is 1. The van der Waals surface area contributed by atoms with Crippen LogP contribution in [0.15, 0.2) is 42.5 Å². The van der Waals surface area contributed by atoms with Crippen molar-refractivity contribution in [3.63, 3.8) is 0 Å². The van der Waals surface area contributed by atoms with Gasteiger partial charge in [-0.3, -0.25) is 4.79 Å². The molecule has 5 heteroatoms. The number of carbonyl (C=O) groups is 2. The molecule has 0 fully saturated rings. The van der Waals surface area contributed by atoms with Crippen molar-refractivity contribution in [3.8, 4) is 0 Å². The largest absolute Gasteiger partial charge is 0.465 e. The summed E-state index contributed by atoms with van der Waals surface area (Å²) in [5.41, 5.74) is 5.53. The third kappa shape index (κ3) is 4.73. The molecular formula is C25H33N2O3+. The fraction of sp³-hybridized carbons (Fsp3) is 0.440. The number of para-hydroxylation sites is 1. The van der Waals surface area contributed by atoms with Gasteiger partial charge in [-0.2, -0.15) is 0 Å². The zero-order valence-electron chi connectivity index (χ0n) is 18.6. The van der Waals surface area contributed by atoms with Crippen LogP contribution in [0.1, 0.15) is 61.8 Å². The molecule has 1 aliphatic rings. The first-order valence-corrected chi connectivity index (χ1v) is 10.7. The molecule has 0 bridgehead atoms. The molecule has 0 saturated carbocycles. The van der Waals surface area contributed by atoms with Gasteiger partial charge in [0.2, 0.25) is 0 Å². The van der Waals surface area contributed by atoms with Crippen LogP contribution in [0.2, 0.25) is 0 Å². The first-order valence-electron chi connectivity index (χ1n) is 10.7. The second-order valence-electron chi connectivity index (χ2n) is 8.73. The van der Waals surface area contributed by atoms with Crippen LogP contribution in [0, 0.1) is 0 Å². The highest BCUT2D eigenvalue weighted by molar-refractivity contribution is 5.93. The summed E-state index contributed by atoms with van der Waals surface area (Å²) in [5.74, 6) is 0.262. The Bertz CT molecular complexity index is 894. The van der Waals surface area contributed by atoms with Crippen molar-refractivity contribution in [1.29, 1.82) is 0 Å². The van der Waals surface area contributed by atoms with Gasteiger partial charge in [0.1, 0.15) is 6.54 Å². The average Bonchev–Trinajstić information content (AvgIpc) is 2.72. The number of methoxy groups -OCH3 is 1. The van der Waals surface area contributed by atoms with Crippen LogP contribution in [0.5, 0.6) is 0 Å². The van der Waals surface area contributed by atoms with Crippen molar-refractivity contribution in [2.45, 2.75) is 58.5 Å². The molecule has 5 nitrogen and oxygen atoms in total. The molecule has 1 heterocycles. The van der Waals surface area contributed by atoms with E-state index in [1.807, 2.05) is 12.1 Å². The highest BCUT2D eigenvalue weighted by Gasteiger charge is 2.37. The number of carbonyl (C=O) groups excluding carboxylic acids is 2. The van der Waals surface area contributed by atoms with Gasteiger partial charge in [0.25, 0.3) is 5.91 Å². The lowest BCUT2D eigenvalue weighted by atomic mass is 9.92. The molecule has 0 aliphatic carbocycles. The zero-order valence-corrected chi connectivity index (χ0v) is 18.6. The third-order valence-electron chi connectivity index (χ3n) is 5.96. The zero-order chi connectivity index (χ0) is 21.8. The van der Waals surface area contributed by atoms with Gasteiger partial charge in [-0.25, -0.2) is 4.79 Å². The summed E-state index contributed by atoms with van der Waals surface area (Å²) in [6.07, 6.45) is 0.589. The molecule has 0 radical (unpaired) electrons. The molecule has 30 heavy (non-hydrogen) atoms. The molecular weight excluding hydrogens is 376 g/mol. The Hall–Kier alpha value is -2.66. The van der Waals surface area contributed by atoms with Gasteiger partial charge < -0.3 is 15.0 Å². The third-order valence-corrected chi connectivity index (χ3v) is 5.96. The lowest BCUT2D eigenvalue weighted by Gasteiger charge is -2.32. The Morgan fingerprint density at radius 3 is 2.17 bits per heavy atom. The van der Waals surface area contributed by atoms with Crippen LogP contribution in [0.3, 0.4) is 0 Å². The van der Waals surface area contributed by atoms with E-state index >= 15 is 0 Å². The first-order chi connectivity index (χ1) is 14.3. The Balaban J connectivity index is 1.84. The molecule has 0 spiro atoms. The molecule has 2 N–H and O–H groups in total. The van der Waals surface area contributed by atoms with E-state index in [1.54, 1.807) is 0 Å². The minimum atomic E-state index is -0.374. The fourth-order valence-corrected chi connectivity index (χ4v) is 4.32. The summed E-state index contributed by atoms with van der Waals surface area (Å²) in [4.78, 5) is 26.5. The van der Waals surface area contributed by atoms with Gasteiger partial charge >= 0.3 is 5.97 Å². The van der Waals surface area contributed by atoms with Crippen molar-refractivity contribution in [3.05, 3.63) is 64.7 Å². The Morgan fingerprint density at radius 2 is 1.60 bits per heavy atom. The maximum absolute atomic E-state index is 13.1. The van der Waals surface area contributed by atoms with Crippen LogP contribution in [0.4, 0.5) is 5.69 Å². The average molecular weight is 410 g/mol. The Labute approximate surface area is 179 Å². The molecule has 2 atom stereocenters. The van der Waals surface area contributed by atoms with E-state index in [0.29, 0.717) is 24.8 Å². The second kappa shape index (κ2) is 9.43. The van der Waals surface area contributed by atoms with Crippen molar-refractivity contribution in [2.75, 3.05) is 19.0 Å². The number of hydrogen-bond donors (Lipinski definition) is 2. The van der Waals surface area contributed by atoms with Crippen LogP contribution in [-0.4, -0.2) is 31.6 Å². The Kier molecular flexibility index (Phi) is 6.93. The van der Waals surface area contributed by atoms with E-state index in [9.17, 15) is 9.59 Å². The van der Waals surface area contributed by atoms with Gasteiger partial charge in [0.15, 0.2) is 12.6 Å². The highest BCUT2D eigenvalue weighted by Crippen LogP contribution is 2.32. The predicted molar refractivity (Wildman–Crippen MR) is 119 cm³/mol. The molecule has 0 aromatic heterocycles. The van der Waals surface area contributed by atoms with E-state index in [0.717, 1.165) is 27.3 Å². The van der Waals surface area contributed by atoms with E-state index in [1.165, 1.54) is 12.7 Å². The molecule has 1 amide bonds. The monoisotopic (exact) mass is 409 g/mol. The summed E-state index contributed by atoms with van der Waals surface area (Å²) >= 11 is 0. The summed E-state index contributed by atoms with van der Waals surface area (Å²) in [6.45, 7) is 9.39. The first kappa shape index (κ1) is 22.0. The van der Waals surface area contributed by atoms with Crippen molar-refractivity contribution >= 4 is 17.6 Å². The maximum atomic E-state index is 13.1. The molecule has 2 aromatic carbocycles. The topological polar surface area (TPSA) is 59.8 Å². The smallest absolute Gasteiger partial charge is 0.365 e. The number of nitrogens with one attached hydrogen (secondary N) is 2. The quantitative estimate of drug-likeness (QED) is 0.721. The molecule has 1 unspecified atom stereocenters. The van der Waals surface area contributed by atoms with Gasteiger partial charge in [-0.05, 0) is 28.5 Å². The SMILES string of the molecule is COC(=O)[C@@H]1Cc2ccccc2C[NH+]1CC(=O)Nc1c(C(C)C)cccc1C(C)C. The number of amides is 1. The van der Waals surface area contributed by atoms with Crippen LogP contribution >= 0.6 is 0 Å². The van der Waals surface area contributed by atoms with E-state index in [4.69, 9.17) is 4.74 Å². The lowest BCUT2D eigenvalue weighted by Crippen LogP contribution is -3.17. The molecule has 1 aliphatic heterocycles. The number of fused-ring (bicyclic) bond motifs is 1. The van der Waals surface area contributed by atoms with Gasteiger partial charge in [-0.15, -0.1) is 0 Å². The number of quaternary nitrogens is 1. The summed E-state index contributed by atoms with van der Waals surface area (Å²) in [5, 5.41) is 3.18. The maximum Gasteiger partial charge on any atom is 0.365 e. The van der Waals surface area contributed by atoms with Crippen LogP contribution < -0.4 is 10.2 Å². The normalized spacial score (nSPS) is 18.2. The van der Waals surface area contributed by atoms with Crippen molar-refractivity contribution in [2.24, 2.45) is 0 Å². The van der Waals surface area contributed by atoms with Gasteiger partial charge in [0.05, 0.1) is 7.11 Å². The lowest BCUT2D eigenvalue weighted by molar-refractivity contribution is -0.924. The minimum absolute atomic E-state index is 0.0757.